The molecular weight excluding hydrogens is 336 g/mol. The molecule has 1 aromatic heterocycles. The predicted molar refractivity (Wildman–Crippen MR) is 110 cm³/mol. The van der Waals surface area contributed by atoms with Gasteiger partial charge in [-0.15, -0.1) is 0 Å². The van der Waals surface area contributed by atoms with Crippen LogP contribution in [0.4, 0.5) is 0 Å². The van der Waals surface area contributed by atoms with Crippen LogP contribution in [0.25, 0.3) is 22.2 Å². The van der Waals surface area contributed by atoms with E-state index in [2.05, 4.69) is 43.4 Å². The van der Waals surface area contributed by atoms with Gasteiger partial charge < -0.3 is 10.1 Å². The van der Waals surface area contributed by atoms with Crippen molar-refractivity contribution in [2.45, 2.75) is 33.6 Å². The van der Waals surface area contributed by atoms with Crippen molar-refractivity contribution < 1.29 is 9.53 Å². The van der Waals surface area contributed by atoms with Crippen molar-refractivity contribution in [3.8, 4) is 17.0 Å². The van der Waals surface area contributed by atoms with Crippen molar-refractivity contribution in [2.75, 3.05) is 13.2 Å². The number of pyridine rings is 1. The Kier molecular flexibility index (Phi) is 6.07. The molecule has 0 unspecified atom stereocenters. The Labute approximate surface area is 160 Å². The van der Waals surface area contributed by atoms with Gasteiger partial charge in [0.1, 0.15) is 5.75 Å². The van der Waals surface area contributed by atoms with Crippen LogP contribution in [0.2, 0.25) is 0 Å². The fourth-order valence-corrected chi connectivity index (χ4v) is 2.96. The molecule has 0 bridgehead atoms. The van der Waals surface area contributed by atoms with E-state index >= 15 is 0 Å². The zero-order valence-corrected chi connectivity index (χ0v) is 16.2. The molecule has 0 fully saturated rings. The van der Waals surface area contributed by atoms with Gasteiger partial charge in [-0.2, -0.15) is 0 Å². The van der Waals surface area contributed by atoms with Crippen LogP contribution in [0.3, 0.4) is 0 Å². The maximum Gasteiger partial charge on any atom is 0.251 e. The van der Waals surface area contributed by atoms with Gasteiger partial charge in [0.2, 0.25) is 0 Å². The van der Waals surface area contributed by atoms with E-state index in [1.165, 1.54) is 5.56 Å². The van der Waals surface area contributed by atoms with E-state index < -0.39 is 0 Å². The first kappa shape index (κ1) is 18.9. The monoisotopic (exact) mass is 362 g/mol. The molecule has 1 N–H and O–H groups in total. The number of benzene rings is 2. The van der Waals surface area contributed by atoms with Gasteiger partial charge in [0.15, 0.2) is 0 Å². The van der Waals surface area contributed by atoms with Gasteiger partial charge >= 0.3 is 0 Å². The number of carbonyl (C=O) groups is 1. The molecule has 0 aliphatic heterocycles. The third-order valence-electron chi connectivity index (χ3n) is 4.50. The number of ether oxygens (including phenoxy) is 1. The first-order valence-electron chi connectivity index (χ1n) is 9.55. The summed E-state index contributed by atoms with van der Waals surface area (Å²) in [6, 6.07) is 15.8. The van der Waals surface area contributed by atoms with Crippen LogP contribution in [0.1, 0.15) is 42.6 Å². The molecule has 4 nitrogen and oxygen atoms in total. The molecule has 140 valence electrons. The molecule has 1 amide bonds. The summed E-state index contributed by atoms with van der Waals surface area (Å²) in [5.74, 6) is 0.691. The van der Waals surface area contributed by atoms with Crippen molar-refractivity contribution in [3.63, 3.8) is 0 Å². The Balaban J connectivity index is 2.00. The summed E-state index contributed by atoms with van der Waals surface area (Å²) in [6.45, 7) is 7.37. The topological polar surface area (TPSA) is 51.2 Å². The lowest BCUT2D eigenvalue weighted by atomic mass is 10.1. The van der Waals surface area contributed by atoms with Crippen LogP contribution in [0, 0.1) is 6.92 Å². The summed E-state index contributed by atoms with van der Waals surface area (Å²) in [6.07, 6.45) is 2.03. The molecule has 3 aromatic rings. The van der Waals surface area contributed by atoms with Gasteiger partial charge in [0.25, 0.3) is 5.91 Å². The van der Waals surface area contributed by atoms with E-state index in [4.69, 9.17) is 9.72 Å². The van der Waals surface area contributed by atoms with Gasteiger partial charge in [0, 0.05) is 29.1 Å². The lowest BCUT2D eigenvalue weighted by Gasteiger charge is -2.12. The quantitative estimate of drug-likeness (QED) is 0.592. The van der Waals surface area contributed by atoms with Gasteiger partial charge in [-0.25, -0.2) is 4.98 Å². The zero-order valence-electron chi connectivity index (χ0n) is 16.2. The molecular formula is C23H26N2O2. The van der Waals surface area contributed by atoms with Gasteiger partial charge in [-0.1, -0.05) is 43.2 Å². The van der Waals surface area contributed by atoms with E-state index in [1.807, 2.05) is 31.2 Å². The lowest BCUT2D eigenvalue weighted by Crippen LogP contribution is -2.24. The van der Waals surface area contributed by atoms with Crippen LogP contribution < -0.4 is 10.1 Å². The molecule has 0 atom stereocenters. The van der Waals surface area contributed by atoms with Crippen molar-refractivity contribution >= 4 is 16.8 Å². The van der Waals surface area contributed by atoms with Crippen LogP contribution in [0.15, 0.2) is 48.5 Å². The zero-order chi connectivity index (χ0) is 19.2. The third kappa shape index (κ3) is 4.45. The van der Waals surface area contributed by atoms with Crippen molar-refractivity contribution in [3.05, 3.63) is 59.7 Å². The van der Waals surface area contributed by atoms with E-state index in [0.717, 1.165) is 40.8 Å². The number of amides is 1. The molecule has 1 heterocycles. The number of hydrogen-bond acceptors (Lipinski definition) is 3. The van der Waals surface area contributed by atoms with E-state index in [-0.39, 0.29) is 5.91 Å². The summed E-state index contributed by atoms with van der Waals surface area (Å²) >= 11 is 0. The number of aromatic nitrogens is 1. The van der Waals surface area contributed by atoms with Crippen molar-refractivity contribution in [1.29, 1.82) is 0 Å². The Bertz CT molecular complexity index is 933. The number of nitrogens with zero attached hydrogens (tertiary/aromatic N) is 1. The molecule has 3 rings (SSSR count). The third-order valence-corrected chi connectivity index (χ3v) is 4.50. The number of aryl methyl sites for hydroxylation is 1. The molecule has 0 aliphatic carbocycles. The summed E-state index contributed by atoms with van der Waals surface area (Å²) in [5.41, 5.74) is 4.57. The molecule has 0 saturated heterocycles. The first-order valence-corrected chi connectivity index (χ1v) is 9.55. The molecule has 0 radical (unpaired) electrons. The smallest absolute Gasteiger partial charge is 0.251 e. The Hall–Kier alpha value is -2.88. The van der Waals surface area contributed by atoms with Gasteiger partial charge in [-0.05, 0) is 38.5 Å². The number of fused-ring (bicyclic) bond motifs is 1. The standard InChI is InChI=1S/C23H26N2O2/c1-4-6-13-24-23(26)18-11-12-20-19(14-18)22(27-5-2)15-21(25-20)17-9-7-16(3)8-10-17/h7-12,14-15H,4-6,13H2,1-3H3,(H,24,26). The molecule has 0 saturated carbocycles. The number of nitrogens with one attached hydrogen (secondary N) is 1. The number of unbranched alkanes of at least 4 members (excludes halogenated alkanes) is 1. The largest absolute Gasteiger partial charge is 0.493 e. The molecule has 27 heavy (non-hydrogen) atoms. The second-order valence-corrected chi connectivity index (χ2v) is 6.65. The fourth-order valence-electron chi connectivity index (χ4n) is 2.96. The minimum absolute atomic E-state index is 0.0598. The average molecular weight is 362 g/mol. The highest BCUT2D eigenvalue weighted by Crippen LogP contribution is 2.31. The van der Waals surface area contributed by atoms with E-state index in [0.29, 0.717) is 18.7 Å². The average Bonchev–Trinajstić information content (AvgIpc) is 2.68. The summed E-state index contributed by atoms with van der Waals surface area (Å²) in [7, 11) is 0. The van der Waals surface area contributed by atoms with E-state index in [1.54, 1.807) is 0 Å². The summed E-state index contributed by atoms with van der Waals surface area (Å²) < 4.78 is 5.87. The van der Waals surface area contributed by atoms with Crippen LogP contribution >= 0.6 is 0 Å². The molecule has 2 aromatic carbocycles. The predicted octanol–water partition coefficient (Wildman–Crippen LogP) is 5.14. The second kappa shape index (κ2) is 8.67. The second-order valence-electron chi connectivity index (χ2n) is 6.65. The maximum atomic E-state index is 12.4. The number of carbonyl (C=O) groups excluding carboxylic acids is 1. The van der Waals surface area contributed by atoms with Crippen molar-refractivity contribution in [2.24, 2.45) is 0 Å². The Morgan fingerprint density at radius 3 is 2.56 bits per heavy atom. The highest BCUT2D eigenvalue weighted by atomic mass is 16.5. The highest BCUT2D eigenvalue weighted by molar-refractivity contribution is 5.99. The normalized spacial score (nSPS) is 10.8. The molecule has 4 heteroatoms. The fraction of sp³-hybridized carbons (Fsp3) is 0.304. The van der Waals surface area contributed by atoms with Crippen LogP contribution in [-0.2, 0) is 0 Å². The Morgan fingerprint density at radius 2 is 1.85 bits per heavy atom. The van der Waals surface area contributed by atoms with E-state index in [9.17, 15) is 4.79 Å². The van der Waals surface area contributed by atoms with Gasteiger partial charge in [-0.3, -0.25) is 4.79 Å². The van der Waals surface area contributed by atoms with Gasteiger partial charge in [0.05, 0.1) is 17.8 Å². The summed E-state index contributed by atoms with van der Waals surface area (Å²) in [5, 5.41) is 3.82. The first-order chi connectivity index (χ1) is 13.1. The van der Waals surface area contributed by atoms with Crippen LogP contribution in [0.5, 0.6) is 5.75 Å². The van der Waals surface area contributed by atoms with Crippen LogP contribution in [-0.4, -0.2) is 24.0 Å². The van der Waals surface area contributed by atoms with Crippen molar-refractivity contribution in [1.82, 2.24) is 10.3 Å². The number of hydrogen-bond donors (Lipinski definition) is 1. The lowest BCUT2D eigenvalue weighted by molar-refractivity contribution is 0.0953. The maximum absolute atomic E-state index is 12.4. The molecule has 0 spiro atoms. The highest BCUT2D eigenvalue weighted by Gasteiger charge is 2.12. The summed E-state index contributed by atoms with van der Waals surface area (Å²) in [4.78, 5) is 17.2. The minimum Gasteiger partial charge on any atom is -0.493 e. The number of rotatable bonds is 7. The molecule has 0 aliphatic rings. The Morgan fingerprint density at radius 1 is 1.07 bits per heavy atom. The SMILES string of the molecule is CCCCNC(=O)c1ccc2nc(-c3ccc(C)cc3)cc(OCC)c2c1. The minimum atomic E-state index is -0.0598.